The molecule has 0 aliphatic heterocycles. The summed E-state index contributed by atoms with van der Waals surface area (Å²) >= 11 is 0. The van der Waals surface area contributed by atoms with E-state index >= 15 is 0 Å². The zero-order valence-electron chi connectivity index (χ0n) is 13.3. The van der Waals surface area contributed by atoms with Gasteiger partial charge in [-0.05, 0) is 0 Å². The van der Waals surface area contributed by atoms with Crippen LogP contribution in [0.15, 0.2) is 22.2 Å². The minimum atomic E-state index is -4.44. The Labute approximate surface area is 135 Å². The van der Waals surface area contributed by atoms with Crippen molar-refractivity contribution in [1.29, 1.82) is 0 Å². The minimum Gasteiger partial charge on any atom is -0.623 e. The molecule has 0 unspecified atom stereocenters. The normalized spacial score (nSPS) is 14.0. The zero-order valence-corrected chi connectivity index (χ0v) is 14.9. The molecule has 0 fully saturated rings. The Hall–Kier alpha value is -1.56. The van der Waals surface area contributed by atoms with Gasteiger partial charge in [0.1, 0.15) is 9.79 Å². The SMILES string of the molecule is COS(=O)(=O)c1cncc(C=[N+]([O-])C(C)(C)C)c1S(=O)(=O)OC. The Kier molecular flexibility index (Phi) is 5.52. The molecule has 0 saturated carbocycles. The van der Waals surface area contributed by atoms with Crippen molar-refractivity contribution in [3.63, 3.8) is 0 Å². The van der Waals surface area contributed by atoms with E-state index in [0.29, 0.717) is 4.74 Å². The molecule has 0 aromatic carbocycles. The van der Waals surface area contributed by atoms with Gasteiger partial charge in [0.2, 0.25) is 0 Å². The molecule has 0 spiro atoms. The highest BCUT2D eigenvalue weighted by molar-refractivity contribution is 7.90. The monoisotopic (exact) mass is 366 g/mol. The summed E-state index contributed by atoms with van der Waals surface area (Å²) in [5, 5.41) is 12.0. The molecule has 1 aromatic heterocycles. The van der Waals surface area contributed by atoms with Gasteiger partial charge in [-0.2, -0.15) is 16.8 Å². The van der Waals surface area contributed by atoms with Gasteiger partial charge in [0.15, 0.2) is 11.8 Å². The first kappa shape index (κ1) is 19.5. The van der Waals surface area contributed by atoms with Gasteiger partial charge in [-0.25, -0.2) is 4.74 Å². The van der Waals surface area contributed by atoms with Crippen molar-refractivity contribution in [2.75, 3.05) is 14.2 Å². The molecule has 0 radical (unpaired) electrons. The Balaban J connectivity index is 3.86. The summed E-state index contributed by atoms with van der Waals surface area (Å²) in [6.07, 6.45) is 2.80. The highest BCUT2D eigenvalue weighted by Crippen LogP contribution is 2.26. The van der Waals surface area contributed by atoms with Gasteiger partial charge in [0.05, 0.1) is 19.8 Å². The second-order valence-electron chi connectivity index (χ2n) is 5.42. The summed E-state index contributed by atoms with van der Waals surface area (Å²) in [6, 6.07) is 0. The second kappa shape index (κ2) is 6.51. The molecule has 130 valence electrons. The summed E-state index contributed by atoms with van der Waals surface area (Å²) in [7, 11) is -7.06. The first-order valence-electron chi connectivity index (χ1n) is 6.27. The number of rotatable bonds is 5. The number of aromatic nitrogens is 1. The minimum absolute atomic E-state index is 0.227. The summed E-state index contributed by atoms with van der Waals surface area (Å²) in [6.45, 7) is 4.80. The fraction of sp³-hybridized carbons (Fsp3) is 0.500. The van der Waals surface area contributed by atoms with Crippen LogP contribution in [0.2, 0.25) is 0 Å². The van der Waals surface area contributed by atoms with E-state index in [4.69, 9.17) is 0 Å². The van der Waals surface area contributed by atoms with Crippen LogP contribution in [0.25, 0.3) is 0 Å². The summed E-state index contributed by atoms with van der Waals surface area (Å²) in [4.78, 5) is 2.25. The standard InChI is InChI=1S/C12H18N2O7S2/c1-12(2,3)14(15)8-9-6-13-7-10(22(16,17)20-4)11(9)23(18,19)21-5/h6-8H,1-5H3. The first-order valence-corrected chi connectivity index (χ1v) is 9.09. The lowest BCUT2D eigenvalue weighted by Gasteiger charge is -2.19. The number of hydrogen-bond donors (Lipinski definition) is 0. The molecule has 0 amide bonds. The Morgan fingerprint density at radius 2 is 1.61 bits per heavy atom. The van der Waals surface area contributed by atoms with E-state index in [1.165, 1.54) is 0 Å². The fourth-order valence-corrected chi connectivity index (χ4v) is 3.66. The van der Waals surface area contributed by atoms with Crippen molar-refractivity contribution < 1.29 is 29.9 Å². The van der Waals surface area contributed by atoms with Crippen molar-refractivity contribution in [1.82, 2.24) is 4.98 Å². The molecule has 1 heterocycles. The molecular formula is C12H18N2O7S2. The number of hydrogen-bond acceptors (Lipinski definition) is 8. The summed E-state index contributed by atoms with van der Waals surface area (Å²) < 4.78 is 57.3. The largest absolute Gasteiger partial charge is 0.623 e. The topological polar surface area (TPSA) is 126 Å². The van der Waals surface area contributed by atoms with Crippen molar-refractivity contribution in [2.45, 2.75) is 36.1 Å². The maximum atomic E-state index is 12.1. The third-order valence-electron chi connectivity index (χ3n) is 2.77. The van der Waals surface area contributed by atoms with E-state index in [9.17, 15) is 22.0 Å². The second-order valence-corrected chi connectivity index (χ2v) is 8.75. The molecule has 1 rings (SSSR count). The van der Waals surface area contributed by atoms with Crippen LogP contribution in [0.1, 0.15) is 26.3 Å². The van der Waals surface area contributed by atoms with Crippen molar-refractivity contribution in [2.24, 2.45) is 0 Å². The number of hydroxylamine groups is 1. The molecule has 1 aromatic rings. The van der Waals surface area contributed by atoms with Crippen LogP contribution in [-0.2, 0) is 28.6 Å². The van der Waals surface area contributed by atoms with Gasteiger partial charge in [-0.1, -0.05) is 0 Å². The highest BCUT2D eigenvalue weighted by atomic mass is 32.2. The van der Waals surface area contributed by atoms with E-state index < -0.39 is 35.6 Å². The van der Waals surface area contributed by atoms with Crippen LogP contribution in [0.3, 0.4) is 0 Å². The maximum absolute atomic E-state index is 12.1. The van der Waals surface area contributed by atoms with Crippen molar-refractivity contribution in [3.05, 3.63) is 23.2 Å². The van der Waals surface area contributed by atoms with E-state index in [2.05, 4.69) is 13.4 Å². The lowest BCUT2D eigenvalue weighted by Crippen LogP contribution is -2.30. The van der Waals surface area contributed by atoms with Gasteiger partial charge >= 0.3 is 0 Å². The third-order valence-corrected chi connectivity index (χ3v) is 5.58. The Morgan fingerprint density at radius 3 is 2.04 bits per heavy atom. The first-order chi connectivity index (χ1) is 10.4. The van der Waals surface area contributed by atoms with E-state index in [-0.39, 0.29) is 5.56 Å². The van der Waals surface area contributed by atoms with Crippen LogP contribution in [0.4, 0.5) is 0 Å². The van der Waals surface area contributed by atoms with Gasteiger partial charge in [-0.15, -0.1) is 0 Å². The van der Waals surface area contributed by atoms with Crippen LogP contribution in [0.5, 0.6) is 0 Å². The zero-order chi connectivity index (χ0) is 18.1. The maximum Gasteiger partial charge on any atom is 0.299 e. The third kappa shape index (κ3) is 4.25. The van der Waals surface area contributed by atoms with Gasteiger partial charge in [-0.3, -0.25) is 13.4 Å². The molecule has 11 heteroatoms. The predicted molar refractivity (Wildman–Crippen MR) is 81.2 cm³/mol. The molecule has 23 heavy (non-hydrogen) atoms. The molecule has 0 aliphatic rings. The molecule has 0 saturated heterocycles. The van der Waals surface area contributed by atoms with Crippen molar-refractivity contribution in [3.8, 4) is 0 Å². The number of pyridine rings is 1. The molecular weight excluding hydrogens is 348 g/mol. The smallest absolute Gasteiger partial charge is 0.299 e. The Morgan fingerprint density at radius 1 is 1.09 bits per heavy atom. The van der Waals surface area contributed by atoms with E-state index in [0.717, 1.165) is 32.8 Å². The van der Waals surface area contributed by atoms with Gasteiger partial charge in [0, 0.05) is 33.2 Å². The van der Waals surface area contributed by atoms with Crippen LogP contribution in [-0.4, -0.2) is 52.5 Å². The molecule has 0 N–H and O–H groups in total. The van der Waals surface area contributed by atoms with Crippen molar-refractivity contribution >= 4 is 26.5 Å². The lowest BCUT2D eigenvalue weighted by molar-refractivity contribution is -0.530. The Bertz CT molecular complexity index is 821. The van der Waals surface area contributed by atoms with E-state index in [1.54, 1.807) is 20.8 Å². The van der Waals surface area contributed by atoms with E-state index in [1.807, 2.05) is 0 Å². The summed E-state index contributed by atoms with van der Waals surface area (Å²) in [5.74, 6) is 0. The average Bonchev–Trinajstić information content (AvgIpc) is 2.45. The lowest BCUT2D eigenvalue weighted by atomic mass is 10.1. The fourth-order valence-electron chi connectivity index (χ4n) is 1.48. The van der Waals surface area contributed by atoms with Gasteiger partial charge in [0.25, 0.3) is 20.2 Å². The summed E-state index contributed by atoms with van der Waals surface area (Å²) in [5.41, 5.74) is -1.10. The predicted octanol–water partition coefficient (Wildman–Crippen LogP) is 0.480. The molecule has 0 bridgehead atoms. The molecule has 0 aliphatic carbocycles. The van der Waals surface area contributed by atoms with Crippen LogP contribution >= 0.6 is 0 Å². The highest BCUT2D eigenvalue weighted by Gasteiger charge is 2.31. The number of nitrogens with zero attached hydrogens (tertiary/aromatic N) is 2. The average molecular weight is 366 g/mol. The van der Waals surface area contributed by atoms with Gasteiger partial charge < -0.3 is 5.21 Å². The quantitative estimate of drug-likeness (QED) is 0.242. The van der Waals surface area contributed by atoms with Crippen LogP contribution < -0.4 is 0 Å². The molecule has 9 nitrogen and oxygen atoms in total. The molecule has 0 atom stereocenters. The van der Waals surface area contributed by atoms with Crippen LogP contribution in [0, 0.1) is 5.21 Å².